The summed E-state index contributed by atoms with van der Waals surface area (Å²) in [5.74, 6) is 0.322. The van der Waals surface area contributed by atoms with Crippen molar-refractivity contribution in [1.29, 1.82) is 0 Å². The van der Waals surface area contributed by atoms with Crippen LogP contribution in [0, 0.1) is 0 Å². The molecule has 0 radical (unpaired) electrons. The molecule has 1 saturated heterocycles. The van der Waals surface area contributed by atoms with Gasteiger partial charge >= 0.3 is 0 Å². The highest BCUT2D eigenvalue weighted by atomic mass is 35.5. The summed E-state index contributed by atoms with van der Waals surface area (Å²) in [5.41, 5.74) is 1.07. The molecule has 3 rings (SSSR count). The molecule has 3 N–H and O–H groups in total. The molecular formula is C12H15ClN6O2. The zero-order valence-corrected chi connectivity index (χ0v) is 12.0. The van der Waals surface area contributed by atoms with Crippen LogP contribution in [-0.4, -0.2) is 51.6 Å². The third kappa shape index (κ3) is 3.40. The number of halogens is 1. The van der Waals surface area contributed by atoms with Crippen molar-refractivity contribution >= 4 is 34.5 Å². The van der Waals surface area contributed by atoms with Gasteiger partial charge in [0.25, 0.3) is 0 Å². The SMILES string of the molecule is O=C(CNc1nc(Cl)nc2nc[nH]c12)NC[C@@H]1CCCO1. The summed E-state index contributed by atoms with van der Waals surface area (Å²) in [7, 11) is 0. The van der Waals surface area contributed by atoms with Crippen LogP contribution in [0.4, 0.5) is 5.82 Å². The molecule has 0 saturated carbocycles. The fourth-order valence-electron chi connectivity index (χ4n) is 2.19. The Balaban J connectivity index is 1.55. The predicted molar refractivity (Wildman–Crippen MR) is 77.2 cm³/mol. The van der Waals surface area contributed by atoms with E-state index in [1.807, 2.05) is 0 Å². The minimum Gasteiger partial charge on any atom is -0.376 e. The molecule has 0 bridgehead atoms. The first-order valence-electron chi connectivity index (χ1n) is 6.71. The van der Waals surface area contributed by atoms with E-state index in [0.717, 1.165) is 19.4 Å². The summed E-state index contributed by atoms with van der Waals surface area (Å²) >= 11 is 5.81. The van der Waals surface area contributed by atoms with E-state index in [1.165, 1.54) is 6.33 Å². The minimum atomic E-state index is -0.132. The van der Waals surface area contributed by atoms with Gasteiger partial charge in [-0.05, 0) is 24.4 Å². The van der Waals surface area contributed by atoms with Crippen molar-refractivity contribution in [2.75, 3.05) is 25.0 Å². The van der Waals surface area contributed by atoms with Crippen LogP contribution in [0.1, 0.15) is 12.8 Å². The number of anilines is 1. The number of rotatable bonds is 5. The molecule has 1 aliphatic heterocycles. The first-order chi connectivity index (χ1) is 10.2. The molecule has 2 aromatic rings. The van der Waals surface area contributed by atoms with Gasteiger partial charge in [-0.2, -0.15) is 9.97 Å². The first kappa shape index (κ1) is 14.0. The van der Waals surface area contributed by atoms with E-state index in [1.54, 1.807) is 0 Å². The van der Waals surface area contributed by atoms with Crippen molar-refractivity contribution in [2.24, 2.45) is 0 Å². The van der Waals surface area contributed by atoms with Crippen molar-refractivity contribution in [3.05, 3.63) is 11.6 Å². The van der Waals surface area contributed by atoms with Gasteiger partial charge in [-0.1, -0.05) is 0 Å². The monoisotopic (exact) mass is 310 g/mol. The molecule has 1 aliphatic rings. The van der Waals surface area contributed by atoms with Gasteiger partial charge in [-0.15, -0.1) is 0 Å². The van der Waals surface area contributed by atoms with Crippen LogP contribution < -0.4 is 10.6 Å². The lowest BCUT2D eigenvalue weighted by Gasteiger charge is -2.11. The molecule has 112 valence electrons. The van der Waals surface area contributed by atoms with Crippen molar-refractivity contribution in [3.63, 3.8) is 0 Å². The number of fused-ring (bicyclic) bond motifs is 1. The number of amides is 1. The van der Waals surface area contributed by atoms with E-state index in [4.69, 9.17) is 16.3 Å². The second-order valence-corrected chi connectivity index (χ2v) is 5.07. The van der Waals surface area contributed by atoms with Crippen molar-refractivity contribution in [2.45, 2.75) is 18.9 Å². The Hall–Kier alpha value is -1.93. The van der Waals surface area contributed by atoms with E-state index in [-0.39, 0.29) is 23.8 Å². The summed E-state index contributed by atoms with van der Waals surface area (Å²) in [5, 5.41) is 5.83. The quantitative estimate of drug-likeness (QED) is 0.703. The standard InChI is InChI=1S/C12H15ClN6O2/c13-12-18-10(9-11(19-12)17-6-16-9)15-5-8(20)14-4-7-2-1-3-21-7/h6-7H,1-5H2,(H,14,20)(H2,15,16,17,18,19)/t7-/m0/s1. The lowest BCUT2D eigenvalue weighted by Crippen LogP contribution is -2.35. The number of hydrogen-bond acceptors (Lipinski definition) is 6. The maximum atomic E-state index is 11.8. The summed E-state index contributed by atoms with van der Waals surface area (Å²) in [6, 6.07) is 0. The van der Waals surface area contributed by atoms with Gasteiger partial charge in [0.05, 0.1) is 19.0 Å². The van der Waals surface area contributed by atoms with Gasteiger partial charge in [0, 0.05) is 13.2 Å². The molecule has 1 fully saturated rings. The predicted octanol–water partition coefficient (Wildman–Crippen LogP) is 0.713. The van der Waals surface area contributed by atoms with Crippen LogP contribution in [-0.2, 0) is 9.53 Å². The van der Waals surface area contributed by atoms with Crippen molar-refractivity contribution < 1.29 is 9.53 Å². The summed E-state index contributed by atoms with van der Waals surface area (Å²) in [6.07, 6.45) is 3.67. The number of nitrogens with one attached hydrogen (secondary N) is 3. The van der Waals surface area contributed by atoms with Crippen molar-refractivity contribution in [3.8, 4) is 0 Å². The highest BCUT2D eigenvalue weighted by Crippen LogP contribution is 2.18. The summed E-state index contributed by atoms with van der Waals surface area (Å²) < 4.78 is 5.44. The Labute approximate surface area is 125 Å². The molecule has 9 heteroatoms. The van der Waals surface area contributed by atoms with E-state index in [9.17, 15) is 4.79 Å². The van der Waals surface area contributed by atoms with E-state index in [0.29, 0.717) is 23.5 Å². The van der Waals surface area contributed by atoms with Crippen LogP contribution in [0.2, 0.25) is 5.28 Å². The molecule has 21 heavy (non-hydrogen) atoms. The van der Waals surface area contributed by atoms with Gasteiger partial charge in [0.1, 0.15) is 5.52 Å². The molecule has 1 atom stereocenters. The zero-order valence-electron chi connectivity index (χ0n) is 11.2. The van der Waals surface area contributed by atoms with E-state index < -0.39 is 0 Å². The van der Waals surface area contributed by atoms with Crippen LogP contribution >= 0.6 is 11.6 Å². The maximum Gasteiger partial charge on any atom is 0.239 e. The molecule has 2 aromatic heterocycles. The number of ether oxygens (including phenoxy) is 1. The molecular weight excluding hydrogens is 296 g/mol. The van der Waals surface area contributed by atoms with E-state index in [2.05, 4.69) is 30.6 Å². The number of aromatic nitrogens is 4. The van der Waals surface area contributed by atoms with Crippen molar-refractivity contribution in [1.82, 2.24) is 25.3 Å². The molecule has 0 aliphatic carbocycles. The normalized spacial score (nSPS) is 18.0. The third-order valence-corrected chi connectivity index (χ3v) is 3.39. The molecule has 3 heterocycles. The molecule has 1 amide bonds. The number of hydrogen-bond donors (Lipinski definition) is 3. The van der Waals surface area contributed by atoms with Crippen LogP contribution in [0.3, 0.4) is 0 Å². The van der Waals surface area contributed by atoms with Gasteiger partial charge < -0.3 is 20.4 Å². The Morgan fingerprint density at radius 1 is 1.52 bits per heavy atom. The molecule has 8 nitrogen and oxygen atoms in total. The number of H-pyrrole nitrogens is 1. The lowest BCUT2D eigenvalue weighted by molar-refractivity contribution is -0.119. The van der Waals surface area contributed by atoms with Crippen LogP contribution in [0.25, 0.3) is 11.2 Å². The van der Waals surface area contributed by atoms with Crippen LogP contribution in [0.15, 0.2) is 6.33 Å². The average molecular weight is 311 g/mol. The Morgan fingerprint density at radius 2 is 2.43 bits per heavy atom. The number of carbonyl (C=O) groups is 1. The first-order valence-corrected chi connectivity index (χ1v) is 7.09. The molecule has 0 spiro atoms. The minimum absolute atomic E-state index is 0.0804. The third-order valence-electron chi connectivity index (χ3n) is 3.23. The number of imidazole rings is 1. The highest BCUT2D eigenvalue weighted by Gasteiger charge is 2.16. The smallest absolute Gasteiger partial charge is 0.239 e. The van der Waals surface area contributed by atoms with Crippen LogP contribution in [0.5, 0.6) is 0 Å². The Morgan fingerprint density at radius 3 is 3.24 bits per heavy atom. The average Bonchev–Trinajstić information content (AvgIpc) is 3.13. The fourth-order valence-corrected chi connectivity index (χ4v) is 2.36. The highest BCUT2D eigenvalue weighted by molar-refractivity contribution is 6.28. The number of aromatic amines is 1. The number of nitrogens with zero attached hydrogens (tertiary/aromatic N) is 3. The second kappa shape index (κ2) is 6.23. The Kier molecular flexibility index (Phi) is 4.16. The Bertz CT molecular complexity index is 640. The fraction of sp³-hybridized carbons (Fsp3) is 0.500. The summed E-state index contributed by atoms with van der Waals surface area (Å²) in [6.45, 7) is 1.40. The zero-order chi connectivity index (χ0) is 14.7. The lowest BCUT2D eigenvalue weighted by atomic mass is 10.2. The molecule has 0 aromatic carbocycles. The summed E-state index contributed by atoms with van der Waals surface area (Å²) in [4.78, 5) is 26.7. The second-order valence-electron chi connectivity index (χ2n) is 4.74. The van der Waals surface area contributed by atoms with E-state index >= 15 is 0 Å². The maximum absolute atomic E-state index is 11.8. The van der Waals surface area contributed by atoms with Gasteiger partial charge in [0.15, 0.2) is 11.5 Å². The van der Waals surface area contributed by atoms with Gasteiger partial charge in [-0.25, -0.2) is 4.98 Å². The topological polar surface area (TPSA) is 105 Å². The van der Waals surface area contributed by atoms with Gasteiger partial charge in [0.2, 0.25) is 11.2 Å². The number of carbonyl (C=O) groups excluding carboxylic acids is 1. The molecule has 0 unspecified atom stereocenters. The largest absolute Gasteiger partial charge is 0.376 e. The van der Waals surface area contributed by atoms with Gasteiger partial charge in [-0.3, -0.25) is 4.79 Å².